The van der Waals surface area contributed by atoms with Crippen LogP contribution in [0.2, 0.25) is 0 Å². The van der Waals surface area contributed by atoms with Crippen molar-refractivity contribution in [2.45, 2.75) is 0 Å². The molecule has 59 heavy (non-hydrogen) atoms. The Morgan fingerprint density at radius 1 is 0.373 bits per heavy atom. The van der Waals surface area contributed by atoms with Crippen LogP contribution in [-0.4, -0.2) is 24.4 Å². The van der Waals surface area contributed by atoms with Crippen molar-refractivity contribution in [3.8, 4) is 34.1 Å². The predicted molar refractivity (Wildman–Crippen MR) is 248 cm³/mol. The average molecular weight is 812 g/mol. The molecule has 2 aliphatic rings. The third-order valence-corrected chi connectivity index (χ3v) is 22.9. The Labute approximate surface area is 344 Å². The first-order valence-electron chi connectivity index (χ1n) is 20.4. The van der Waals surface area contributed by atoms with Gasteiger partial charge in [-0.05, 0) is 0 Å². The summed E-state index contributed by atoms with van der Waals surface area (Å²) >= 11 is -3.90. The summed E-state index contributed by atoms with van der Waals surface area (Å²) in [6.45, 7) is 0.0168. The molecule has 9 aromatic carbocycles. The summed E-state index contributed by atoms with van der Waals surface area (Å²) in [6, 6.07) is 76.0. The predicted octanol–water partition coefficient (Wildman–Crippen LogP) is 8.61. The maximum atomic E-state index is 6.96. The van der Waals surface area contributed by atoms with Gasteiger partial charge in [-0.15, -0.1) is 0 Å². The van der Waals surface area contributed by atoms with E-state index in [1.165, 1.54) is 77.7 Å². The van der Waals surface area contributed by atoms with Crippen LogP contribution in [0.15, 0.2) is 206 Å². The van der Waals surface area contributed by atoms with E-state index in [2.05, 4.69) is 211 Å². The fourth-order valence-corrected chi connectivity index (χ4v) is 20.7. The number of aromatic nitrogens is 1. The van der Waals surface area contributed by atoms with Gasteiger partial charge in [0.2, 0.25) is 0 Å². The van der Waals surface area contributed by atoms with E-state index in [-0.39, 0.29) is 6.71 Å². The van der Waals surface area contributed by atoms with Crippen molar-refractivity contribution in [1.29, 1.82) is 0 Å². The van der Waals surface area contributed by atoms with Gasteiger partial charge in [-0.25, -0.2) is 0 Å². The Morgan fingerprint density at radius 2 is 0.881 bits per heavy atom. The third kappa shape index (κ3) is 4.55. The maximum absolute atomic E-state index is 6.96. The van der Waals surface area contributed by atoms with E-state index < -0.39 is 13.3 Å². The zero-order chi connectivity index (χ0) is 38.7. The van der Waals surface area contributed by atoms with Gasteiger partial charge in [-0.2, -0.15) is 0 Å². The van der Waals surface area contributed by atoms with Crippen LogP contribution < -0.4 is 43.4 Å². The van der Waals surface area contributed by atoms with Gasteiger partial charge in [0.25, 0.3) is 0 Å². The van der Waals surface area contributed by atoms with Gasteiger partial charge in [-0.1, -0.05) is 0 Å². The molecule has 0 radical (unpaired) electrons. The molecule has 0 amide bonds. The molecule has 3 nitrogen and oxygen atoms in total. The van der Waals surface area contributed by atoms with Crippen molar-refractivity contribution in [1.82, 2.24) is 4.40 Å². The summed E-state index contributed by atoms with van der Waals surface area (Å²) in [5, 5.41) is 5.15. The number of rotatable bonds is 5. The van der Waals surface area contributed by atoms with Crippen molar-refractivity contribution < 1.29 is 9.47 Å². The molecule has 2 aliphatic heterocycles. The second-order valence-electron chi connectivity index (χ2n) is 15.9. The third-order valence-electron chi connectivity index (χ3n) is 13.0. The molecule has 0 atom stereocenters. The molecule has 13 rings (SSSR count). The molecule has 0 spiro atoms. The van der Waals surface area contributed by atoms with Gasteiger partial charge >= 0.3 is 346 Å². The molecule has 4 heterocycles. The Balaban J connectivity index is 1.11. The Bertz CT molecular complexity index is 3360. The minimum atomic E-state index is -3.90. The van der Waals surface area contributed by atoms with Crippen molar-refractivity contribution in [3.63, 3.8) is 0 Å². The van der Waals surface area contributed by atoms with Gasteiger partial charge in [0, 0.05) is 0 Å². The summed E-state index contributed by atoms with van der Waals surface area (Å²) in [5.41, 5.74) is 9.64. The number of para-hydroxylation sites is 5. The molecular formula is C54H34BGeNO2. The van der Waals surface area contributed by atoms with Crippen LogP contribution in [0, 0.1) is 0 Å². The van der Waals surface area contributed by atoms with E-state index in [9.17, 15) is 0 Å². The van der Waals surface area contributed by atoms with Gasteiger partial charge in [0.1, 0.15) is 0 Å². The summed E-state index contributed by atoms with van der Waals surface area (Å²) in [6.07, 6.45) is 0. The second-order valence-corrected chi connectivity index (χ2v) is 23.9. The van der Waals surface area contributed by atoms with E-state index in [1.54, 1.807) is 0 Å². The van der Waals surface area contributed by atoms with Crippen molar-refractivity contribution in [2.24, 2.45) is 0 Å². The monoisotopic (exact) mass is 813 g/mol. The van der Waals surface area contributed by atoms with E-state index in [1.807, 2.05) is 0 Å². The first kappa shape index (κ1) is 33.0. The van der Waals surface area contributed by atoms with Gasteiger partial charge in [-0.3, -0.25) is 0 Å². The minimum absolute atomic E-state index is 0.0168. The Kier molecular flexibility index (Phi) is 6.99. The summed E-state index contributed by atoms with van der Waals surface area (Å²) < 4.78 is 21.7. The van der Waals surface area contributed by atoms with E-state index in [4.69, 9.17) is 9.47 Å². The Hall–Kier alpha value is -7.01. The standard InChI is InChI=1S/C54H34BGeNO2/c1-3-17-36(18-4-1)56(37-19-5-2-6-20-37,39-33-50-52-51(34-39)59-49-31-12-9-28-46(49)55(52)45-27-8-11-30-48(45)58-50)38-21-13-16-35(32-38)40-23-14-25-43-44-26-15-24-42-41-22-7-10-29-47(41)57(53(40)43)54(42)44/h1-34H. The number of nitrogens with zero attached hydrogens (tertiary/aromatic N) is 1. The first-order chi connectivity index (χ1) is 29.3. The molecule has 2 aromatic heterocycles. The van der Waals surface area contributed by atoms with Crippen LogP contribution in [0.4, 0.5) is 0 Å². The fourth-order valence-electron chi connectivity index (χ4n) is 10.6. The number of benzene rings is 9. The van der Waals surface area contributed by atoms with Crippen LogP contribution in [0.25, 0.3) is 49.2 Å². The zero-order valence-corrected chi connectivity index (χ0v) is 34.1. The van der Waals surface area contributed by atoms with E-state index in [0.717, 1.165) is 28.5 Å². The molecule has 0 N–H and O–H groups in total. The topological polar surface area (TPSA) is 22.9 Å². The number of hydrogen-bond donors (Lipinski definition) is 0. The number of hydrogen-bond acceptors (Lipinski definition) is 2. The molecular weight excluding hydrogens is 778 g/mol. The number of fused-ring (bicyclic) bond motifs is 10. The average Bonchev–Trinajstić information content (AvgIpc) is 3.83. The molecule has 11 aromatic rings. The quantitative estimate of drug-likeness (QED) is 0.163. The van der Waals surface area contributed by atoms with Crippen LogP contribution in [0.3, 0.4) is 0 Å². The zero-order valence-electron chi connectivity index (χ0n) is 32.0. The van der Waals surface area contributed by atoms with Crippen molar-refractivity contribution in [2.75, 3.05) is 0 Å². The number of ether oxygens (including phenoxy) is 2. The van der Waals surface area contributed by atoms with Gasteiger partial charge in [0.05, 0.1) is 0 Å². The Morgan fingerprint density at radius 3 is 1.56 bits per heavy atom. The van der Waals surface area contributed by atoms with Crippen molar-refractivity contribution >= 4 is 92.0 Å². The molecule has 0 unspecified atom stereocenters. The van der Waals surface area contributed by atoms with Crippen LogP contribution in [0.5, 0.6) is 23.0 Å². The normalized spacial score (nSPS) is 13.0. The van der Waals surface area contributed by atoms with Crippen molar-refractivity contribution in [3.05, 3.63) is 206 Å². The molecule has 0 aliphatic carbocycles. The van der Waals surface area contributed by atoms with Gasteiger partial charge in [0.15, 0.2) is 0 Å². The van der Waals surface area contributed by atoms with Crippen LogP contribution >= 0.6 is 0 Å². The molecule has 274 valence electrons. The van der Waals surface area contributed by atoms with E-state index in [0.29, 0.717) is 0 Å². The summed E-state index contributed by atoms with van der Waals surface area (Å²) in [5.74, 6) is 3.54. The summed E-state index contributed by atoms with van der Waals surface area (Å²) in [4.78, 5) is 0. The van der Waals surface area contributed by atoms with Gasteiger partial charge < -0.3 is 0 Å². The SMILES string of the molecule is c1cc[c]([Ge]([c]2ccccc2)([c]2cccc(-c3cccc4c5cccc6c7ccccc7n(c34)c65)c2)[c]2cc3c4c(c2)Oc2ccccc2B4c2ccccc2O3)cc1. The molecule has 0 saturated carbocycles. The summed E-state index contributed by atoms with van der Waals surface area (Å²) in [7, 11) is 0. The second kappa shape index (κ2) is 12.5. The fraction of sp³-hybridized carbons (Fsp3) is 0. The molecule has 0 fully saturated rings. The van der Waals surface area contributed by atoms with Crippen LogP contribution in [0.1, 0.15) is 0 Å². The molecule has 0 bridgehead atoms. The van der Waals surface area contributed by atoms with E-state index >= 15 is 0 Å². The molecule has 5 heteroatoms. The molecule has 0 saturated heterocycles. The van der Waals surface area contributed by atoms with Crippen LogP contribution in [-0.2, 0) is 0 Å². The first-order valence-corrected chi connectivity index (χ1v) is 24.6.